The number of rotatable bonds is 3. The minimum absolute atomic E-state index is 0.0939. The minimum Gasteiger partial charge on any atom is -0.277 e. The molecule has 1 heterocycles. The van der Waals surface area contributed by atoms with Gasteiger partial charge in [0, 0.05) is 0 Å². The van der Waals surface area contributed by atoms with Gasteiger partial charge < -0.3 is 0 Å². The van der Waals surface area contributed by atoms with Gasteiger partial charge in [-0.2, -0.15) is 0 Å². The van der Waals surface area contributed by atoms with Gasteiger partial charge >= 0.3 is 6.03 Å². The van der Waals surface area contributed by atoms with E-state index in [0.29, 0.717) is 18.4 Å². The van der Waals surface area contributed by atoms with Crippen LogP contribution in [0.1, 0.15) is 25.3 Å². The Morgan fingerprint density at radius 1 is 1.30 bits per heavy atom. The van der Waals surface area contributed by atoms with Crippen molar-refractivity contribution in [3.05, 3.63) is 29.6 Å². The zero-order chi connectivity index (χ0) is 14.9. The van der Waals surface area contributed by atoms with Gasteiger partial charge in [0.05, 0.1) is 5.69 Å². The van der Waals surface area contributed by atoms with Gasteiger partial charge in [-0.1, -0.05) is 25.5 Å². The highest BCUT2D eigenvalue weighted by Gasteiger charge is 2.41. The molecule has 0 spiro atoms. The van der Waals surface area contributed by atoms with Gasteiger partial charge in [0.25, 0.3) is 0 Å². The Morgan fingerprint density at radius 3 is 2.60 bits per heavy atom. The first-order valence-corrected chi connectivity index (χ1v) is 6.41. The van der Waals surface area contributed by atoms with Crippen molar-refractivity contribution in [2.75, 3.05) is 4.90 Å². The Balaban J connectivity index is 2.47. The van der Waals surface area contributed by atoms with Crippen molar-refractivity contribution in [3.8, 4) is 0 Å². The van der Waals surface area contributed by atoms with E-state index in [-0.39, 0.29) is 5.69 Å². The lowest BCUT2D eigenvalue weighted by molar-refractivity contribution is -0.134. The average Bonchev–Trinajstić information content (AvgIpc) is 2.37. The second kappa shape index (κ2) is 5.40. The molecule has 2 rings (SSSR count). The number of urea groups is 1. The molecule has 1 aromatic carbocycles. The summed E-state index contributed by atoms with van der Waals surface area (Å²) >= 11 is 0. The average molecular weight is 278 g/mol. The Kier molecular flexibility index (Phi) is 3.83. The second-order valence-corrected chi connectivity index (χ2v) is 4.71. The van der Waals surface area contributed by atoms with Crippen molar-refractivity contribution in [3.63, 3.8) is 0 Å². The molecule has 1 fully saturated rings. The van der Waals surface area contributed by atoms with Crippen LogP contribution in [0.5, 0.6) is 0 Å². The van der Waals surface area contributed by atoms with Crippen LogP contribution in [0, 0.1) is 18.7 Å². The highest BCUT2D eigenvalue weighted by Crippen LogP contribution is 2.28. The molecule has 4 amide bonds. The SMILES string of the molecule is CCCC1C(=O)NC(=O)N(c2c(C)cccc2F)C1=O. The van der Waals surface area contributed by atoms with E-state index in [1.54, 1.807) is 13.0 Å². The molecule has 6 heteroatoms. The molecule has 106 valence electrons. The fourth-order valence-electron chi connectivity index (χ4n) is 2.28. The molecule has 1 saturated heterocycles. The normalized spacial score (nSPS) is 19.2. The van der Waals surface area contributed by atoms with Gasteiger partial charge in [-0.15, -0.1) is 0 Å². The Labute approximate surface area is 115 Å². The summed E-state index contributed by atoms with van der Waals surface area (Å²) in [4.78, 5) is 36.6. The van der Waals surface area contributed by atoms with Crippen LogP contribution in [0.15, 0.2) is 18.2 Å². The fraction of sp³-hybridized carbons (Fsp3) is 0.357. The molecule has 1 N–H and O–H groups in total. The molecule has 1 atom stereocenters. The van der Waals surface area contributed by atoms with Crippen LogP contribution in [-0.4, -0.2) is 17.8 Å². The quantitative estimate of drug-likeness (QED) is 0.861. The molecule has 0 aromatic heterocycles. The number of nitrogens with zero attached hydrogens (tertiary/aromatic N) is 1. The molecule has 0 saturated carbocycles. The highest BCUT2D eigenvalue weighted by atomic mass is 19.1. The minimum atomic E-state index is -0.947. The first-order valence-electron chi connectivity index (χ1n) is 6.41. The lowest BCUT2D eigenvalue weighted by Crippen LogP contribution is -2.58. The summed E-state index contributed by atoms with van der Waals surface area (Å²) in [6, 6.07) is 3.37. The molecule has 0 bridgehead atoms. The summed E-state index contributed by atoms with van der Waals surface area (Å²) in [6.45, 7) is 3.43. The third-order valence-electron chi connectivity index (χ3n) is 3.26. The predicted molar refractivity (Wildman–Crippen MR) is 70.6 cm³/mol. The van der Waals surface area contributed by atoms with Crippen LogP contribution in [0.25, 0.3) is 0 Å². The number of hydrogen-bond donors (Lipinski definition) is 1. The Morgan fingerprint density at radius 2 is 2.00 bits per heavy atom. The number of hydrogen-bond acceptors (Lipinski definition) is 3. The van der Waals surface area contributed by atoms with Crippen LogP contribution < -0.4 is 10.2 Å². The zero-order valence-corrected chi connectivity index (χ0v) is 11.3. The maximum Gasteiger partial charge on any atom is 0.335 e. The first kappa shape index (κ1) is 14.2. The van der Waals surface area contributed by atoms with Crippen molar-refractivity contribution in [2.45, 2.75) is 26.7 Å². The molecular formula is C14H15FN2O3. The monoisotopic (exact) mass is 278 g/mol. The largest absolute Gasteiger partial charge is 0.335 e. The van der Waals surface area contributed by atoms with Crippen molar-refractivity contribution in [1.82, 2.24) is 5.32 Å². The van der Waals surface area contributed by atoms with Crippen LogP contribution in [0.4, 0.5) is 14.9 Å². The van der Waals surface area contributed by atoms with Crippen molar-refractivity contribution < 1.29 is 18.8 Å². The number of anilines is 1. The van der Waals surface area contributed by atoms with Gasteiger partial charge in [-0.05, 0) is 25.0 Å². The van der Waals surface area contributed by atoms with E-state index in [1.165, 1.54) is 12.1 Å². The molecule has 0 aliphatic carbocycles. The number of amides is 4. The third-order valence-corrected chi connectivity index (χ3v) is 3.26. The number of nitrogens with one attached hydrogen (secondary N) is 1. The highest BCUT2D eigenvalue weighted by molar-refractivity contribution is 6.27. The van der Waals surface area contributed by atoms with Crippen molar-refractivity contribution in [1.29, 1.82) is 0 Å². The molecule has 1 aromatic rings. The van der Waals surface area contributed by atoms with E-state index >= 15 is 0 Å². The number of imide groups is 2. The number of halogens is 1. The molecular weight excluding hydrogens is 263 g/mol. The van der Waals surface area contributed by atoms with E-state index in [0.717, 1.165) is 4.90 Å². The number of para-hydroxylation sites is 1. The number of benzene rings is 1. The zero-order valence-electron chi connectivity index (χ0n) is 11.3. The third kappa shape index (κ3) is 2.29. The molecule has 0 radical (unpaired) electrons. The van der Waals surface area contributed by atoms with Gasteiger partial charge in [-0.25, -0.2) is 14.1 Å². The van der Waals surface area contributed by atoms with Gasteiger partial charge in [0.1, 0.15) is 11.7 Å². The maximum absolute atomic E-state index is 13.9. The number of barbiturate groups is 1. The summed E-state index contributed by atoms with van der Waals surface area (Å²) in [7, 11) is 0. The number of carbonyl (C=O) groups excluding carboxylic acids is 3. The van der Waals surface area contributed by atoms with Gasteiger partial charge in [-0.3, -0.25) is 14.9 Å². The first-order chi connectivity index (χ1) is 9.47. The standard InChI is InChI=1S/C14H15FN2O3/c1-3-5-9-12(18)16-14(20)17(13(9)19)11-8(2)6-4-7-10(11)15/h4,6-7,9H,3,5H2,1-2H3,(H,16,18,20). The molecule has 20 heavy (non-hydrogen) atoms. The number of aryl methyl sites for hydroxylation is 1. The van der Waals surface area contributed by atoms with Gasteiger partial charge in [0.2, 0.25) is 11.8 Å². The Bertz CT molecular complexity index is 566. The van der Waals surface area contributed by atoms with Crippen LogP contribution in [-0.2, 0) is 9.59 Å². The topological polar surface area (TPSA) is 66.5 Å². The van der Waals surface area contributed by atoms with E-state index < -0.39 is 29.6 Å². The Hall–Kier alpha value is -2.24. The summed E-state index contributed by atoms with van der Waals surface area (Å²) in [5, 5.41) is 2.11. The molecule has 1 unspecified atom stereocenters. The second-order valence-electron chi connectivity index (χ2n) is 4.71. The van der Waals surface area contributed by atoms with E-state index in [1.807, 2.05) is 6.92 Å². The van der Waals surface area contributed by atoms with Crippen molar-refractivity contribution in [2.24, 2.45) is 5.92 Å². The smallest absolute Gasteiger partial charge is 0.277 e. The van der Waals surface area contributed by atoms with E-state index in [4.69, 9.17) is 0 Å². The lowest BCUT2D eigenvalue weighted by Gasteiger charge is -2.31. The van der Waals surface area contributed by atoms with Crippen molar-refractivity contribution >= 4 is 23.5 Å². The lowest BCUT2D eigenvalue weighted by atomic mass is 9.98. The van der Waals surface area contributed by atoms with E-state index in [9.17, 15) is 18.8 Å². The van der Waals surface area contributed by atoms with Crippen LogP contribution in [0.3, 0.4) is 0 Å². The predicted octanol–water partition coefficient (Wildman–Crippen LogP) is 2.13. The van der Waals surface area contributed by atoms with E-state index in [2.05, 4.69) is 5.32 Å². The fourth-order valence-corrected chi connectivity index (χ4v) is 2.28. The maximum atomic E-state index is 13.9. The summed E-state index contributed by atoms with van der Waals surface area (Å²) < 4.78 is 13.9. The van der Waals surface area contributed by atoms with Crippen LogP contribution >= 0.6 is 0 Å². The number of carbonyl (C=O) groups is 3. The summed E-state index contributed by atoms with van der Waals surface area (Å²) in [5.41, 5.74) is 0.363. The summed E-state index contributed by atoms with van der Waals surface area (Å²) in [5.74, 6) is -2.91. The summed E-state index contributed by atoms with van der Waals surface area (Å²) in [6.07, 6.45) is 0.935. The van der Waals surface area contributed by atoms with Crippen LogP contribution in [0.2, 0.25) is 0 Å². The molecule has 1 aliphatic rings. The molecule has 5 nitrogen and oxygen atoms in total. The van der Waals surface area contributed by atoms with Gasteiger partial charge in [0.15, 0.2) is 0 Å². The molecule has 1 aliphatic heterocycles.